The van der Waals surface area contributed by atoms with Crippen LogP contribution in [0.1, 0.15) is 35.4 Å². The summed E-state index contributed by atoms with van der Waals surface area (Å²) in [6.07, 6.45) is 1.21. The van der Waals surface area contributed by atoms with Crippen molar-refractivity contribution in [3.05, 3.63) is 57.3 Å². The fourth-order valence-electron chi connectivity index (χ4n) is 2.86. The van der Waals surface area contributed by atoms with Gasteiger partial charge >= 0.3 is 0 Å². The molecule has 1 N–H and O–H groups in total. The number of hydrogen-bond donors (Lipinski definition) is 1. The van der Waals surface area contributed by atoms with Crippen molar-refractivity contribution in [3.8, 4) is 0 Å². The normalized spacial score (nSPS) is 15.4. The summed E-state index contributed by atoms with van der Waals surface area (Å²) in [5.41, 5.74) is 4.34. The number of thiophene rings is 1. The number of rotatable bonds is 5. The van der Waals surface area contributed by atoms with E-state index in [1.165, 1.54) is 29.7 Å². The van der Waals surface area contributed by atoms with Gasteiger partial charge in [-0.3, -0.25) is 4.90 Å². The second-order valence-electron chi connectivity index (χ2n) is 6.19. The van der Waals surface area contributed by atoms with E-state index in [0.29, 0.717) is 6.04 Å². The molecule has 0 atom stereocenters. The van der Waals surface area contributed by atoms with E-state index >= 15 is 0 Å². The van der Waals surface area contributed by atoms with Crippen molar-refractivity contribution in [1.82, 2.24) is 10.2 Å². The second-order valence-corrected chi connectivity index (χ2v) is 7.19. The Hall–Kier alpha value is -1.16. The lowest BCUT2D eigenvalue weighted by atomic mass is 10.1. The van der Waals surface area contributed by atoms with E-state index in [-0.39, 0.29) is 0 Å². The van der Waals surface area contributed by atoms with Gasteiger partial charge in [-0.25, -0.2) is 0 Å². The van der Waals surface area contributed by atoms with Gasteiger partial charge in [0.15, 0.2) is 0 Å². The summed E-state index contributed by atoms with van der Waals surface area (Å²) < 4.78 is 0. The van der Waals surface area contributed by atoms with E-state index in [1.807, 2.05) is 11.3 Å². The van der Waals surface area contributed by atoms with Crippen molar-refractivity contribution in [2.75, 3.05) is 6.54 Å². The number of hydrogen-bond acceptors (Lipinski definition) is 3. The Labute approximate surface area is 131 Å². The number of fused-ring (bicyclic) bond motifs is 1. The zero-order valence-corrected chi connectivity index (χ0v) is 13.7. The Morgan fingerprint density at radius 3 is 2.95 bits per heavy atom. The van der Waals surface area contributed by atoms with Gasteiger partial charge in [0.2, 0.25) is 0 Å². The van der Waals surface area contributed by atoms with Gasteiger partial charge in [0.1, 0.15) is 0 Å². The summed E-state index contributed by atoms with van der Waals surface area (Å²) >= 11 is 1.91. The first-order chi connectivity index (χ1) is 10.2. The van der Waals surface area contributed by atoms with Crippen molar-refractivity contribution in [1.29, 1.82) is 0 Å². The topological polar surface area (TPSA) is 15.3 Å². The Balaban J connectivity index is 1.61. The third-order valence-electron chi connectivity index (χ3n) is 4.00. The molecule has 0 aliphatic carbocycles. The summed E-state index contributed by atoms with van der Waals surface area (Å²) in [5.74, 6) is 0. The summed E-state index contributed by atoms with van der Waals surface area (Å²) in [6, 6.07) is 11.8. The van der Waals surface area contributed by atoms with E-state index in [9.17, 15) is 0 Å². The number of nitrogens with one attached hydrogen (secondary N) is 1. The summed E-state index contributed by atoms with van der Waals surface area (Å²) in [5, 5.41) is 5.72. The molecule has 1 aliphatic heterocycles. The van der Waals surface area contributed by atoms with Crippen LogP contribution in [0.2, 0.25) is 0 Å². The molecule has 1 aliphatic rings. The van der Waals surface area contributed by atoms with Crippen LogP contribution in [0.3, 0.4) is 0 Å². The van der Waals surface area contributed by atoms with Gasteiger partial charge in [0.25, 0.3) is 0 Å². The molecule has 3 heteroatoms. The molecule has 2 aromatic rings. The summed E-state index contributed by atoms with van der Waals surface area (Å²) in [4.78, 5) is 4.14. The average Bonchev–Trinajstić information content (AvgIpc) is 2.93. The zero-order valence-electron chi connectivity index (χ0n) is 12.9. The highest BCUT2D eigenvalue weighted by Crippen LogP contribution is 2.25. The maximum Gasteiger partial charge on any atom is 0.0248 e. The first kappa shape index (κ1) is 14.8. The third-order valence-corrected chi connectivity index (χ3v) is 5.02. The summed E-state index contributed by atoms with van der Waals surface area (Å²) in [7, 11) is 0. The van der Waals surface area contributed by atoms with Gasteiger partial charge in [0.05, 0.1) is 0 Å². The average molecular weight is 300 g/mol. The van der Waals surface area contributed by atoms with Crippen molar-refractivity contribution in [3.63, 3.8) is 0 Å². The first-order valence-electron chi connectivity index (χ1n) is 7.79. The van der Waals surface area contributed by atoms with Crippen LogP contribution in [0.15, 0.2) is 35.7 Å². The van der Waals surface area contributed by atoms with Crippen molar-refractivity contribution in [2.45, 2.75) is 45.9 Å². The minimum Gasteiger partial charge on any atom is -0.310 e. The molecule has 2 heterocycles. The second kappa shape index (κ2) is 6.73. The van der Waals surface area contributed by atoms with Crippen LogP contribution in [0.5, 0.6) is 0 Å². The highest BCUT2D eigenvalue weighted by molar-refractivity contribution is 7.10. The van der Waals surface area contributed by atoms with Crippen molar-refractivity contribution < 1.29 is 0 Å². The zero-order chi connectivity index (χ0) is 14.7. The standard InChI is InChI=1S/C18H24N2S/c1-14(2)19-11-15-4-3-5-16(10-15)12-20-8-6-18-17(13-20)7-9-21-18/h3-5,7,9-10,14,19H,6,8,11-13H2,1-2H3. The molecule has 2 nitrogen and oxygen atoms in total. The number of benzene rings is 1. The Kier molecular flexibility index (Phi) is 4.73. The van der Waals surface area contributed by atoms with Crippen LogP contribution < -0.4 is 5.32 Å². The molecule has 1 aromatic heterocycles. The molecule has 0 saturated carbocycles. The predicted octanol–water partition coefficient (Wildman–Crippen LogP) is 3.80. The van der Waals surface area contributed by atoms with Gasteiger partial charge in [-0.1, -0.05) is 38.1 Å². The molecule has 0 amide bonds. The molecule has 0 spiro atoms. The van der Waals surface area contributed by atoms with Gasteiger partial charge < -0.3 is 5.32 Å². The minimum atomic E-state index is 0.535. The molecule has 0 unspecified atom stereocenters. The molecular weight excluding hydrogens is 276 g/mol. The molecule has 112 valence electrons. The van der Waals surface area contributed by atoms with E-state index < -0.39 is 0 Å². The van der Waals surface area contributed by atoms with Gasteiger partial charge in [0, 0.05) is 37.1 Å². The van der Waals surface area contributed by atoms with E-state index in [2.05, 4.69) is 59.8 Å². The Morgan fingerprint density at radius 1 is 1.24 bits per heavy atom. The van der Waals surface area contributed by atoms with E-state index in [0.717, 1.165) is 19.6 Å². The maximum absolute atomic E-state index is 3.49. The minimum absolute atomic E-state index is 0.535. The lowest BCUT2D eigenvalue weighted by Gasteiger charge is -2.27. The van der Waals surface area contributed by atoms with Gasteiger partial charge in [-0.15, -0.1) is 11.3 Å². The molecule has 3 rings (SSSR count). The van der Waals surface area contributed by atoms with Crippen LogP contribution in [-0.4, -0.2) is 17.5 Å². The number of nitrogens with zero attached hydrogens (tertiary/aromatic N) is 1. The molecule has 1 aromatic carbocycles. The van der Waals surface area contributed by atoms with Gasteiger partial charge in [-0.2, -0.15) is 0 Å². The molecule has 21 heavy (non-hydrogen) atoms. The molecule has 0 fully saturated rings. The molecule has 0 bridgehead atoms. The molecule has 0 saturated heterocycles. The highest BCUT2D eigenvalue weighted by Gasteiger charge is 2.17. The van der Waals surface area contributed by atoms with Crippen LogP contribution >= 0.6 is 11.3 Å². The van der Waals surface area contributed by atoms with Crippen LogP contribution in [0.4, 0.5) is 0 Å². The SMILES string of the molecule is CC(C)NCc1cccc(CN2CCc3sccc3C2)c1. The largest absolute Gasteiger partial charge is 0.310 e. The van der Waals surface area contributed by atoms with Crippen molar-refractivity contribution in [2.24, 2.45) is 0 Å². The molecular formula is C18H24N2S. The van der Waals surface area contributed by atoms with E-state index in [1.54, 1.807) is 4.88 Å². The van der Waals surface area contributed by atoms with Crippen LogP contribution in [-0.2, 0) is 26.1 Å². The van der Waals surface area contributed by atoms with Crippen molar-refractivity contribution >= 4 is 11.3 Å². The third kappa shape index (κ3) is 3.94. The van der Waals surface area contributed by atoms with E-state index in [4.69, 9.17) is 0 Å². The Morgan fingerprint density at radius 2 is 2.10 bits per heavy atom. The fraction of sp³-hybridized carbons (Fsp3) is 0.444. The smallest absolute Gasteiger partial charge is 0.0248 e. The van der Waals surface area contributed by atoms with Gasteiger partial charge in [-0.05, 0) is 34.6 Å². The lowest BCUT2D eigenvalue weighted by molar-refractivity contribution is 0.247. The quantitative estimate of drug-likeness (QED) is 0.903. The predicted molar refractivity (Wildman–Crippen MR) is 90.6 cm³/mol. The first-order valence-corrected chi connectivity index (χ1v) is 8.67. The van der Waals surface area contributed by atoms with Crippen LogP contribution in [0.25, 0.3) is 0 Å². The Bertz CT molecular complexity index is 588. The monoisotopic (exact) mass is 300 g/mol. The lowest BCUT2D eigenvalue weighted by Crippen LogP contribution is -2.29. The summed E-state index contributed by atoms with van der Waals surface area (Å²) in [6.45, 7) is 8.69. The molecule has 0 radical (unpaired) electrons. The van der Waals surface area contributed by atoms with Crippen LogP contribution in [0, 0.1) is 0 Å². The fourth-order valence-corrected chi connectivity index (χ4v) is 3.75. The highest BCUT2D eigenvalue weighted by atomic mass is 32.1. The maximum atomic E-state index is 3.49.